The topological polar surface area (TPSA) is 183 Å². The van der Waals surface area contributed by atoms with Crippen molar-refractivity contribution in [1.82, 2.24) is 16.0 Å². The number of hydrogen-bond acceptors (Lipinski definition) is 5. The molecule has 2 aromatic rings. The van der Waals surface area contributed by atoms with Gasteiger partial charge in [0, 0.05) is 19.2 Å². The van der Waals surface area contributed by atoms with Crippen molar-refractivity contribution in [3.63, 3.8) is 0 Å². The minimum absolute atomic E-state index is 0. The molecular formula is C24H37ClN4O6. The van der Waals surface area contributed by atoms with Crippen molar-refractivity contribution in [3.05, 3.63) is 59.7 Å². The largest absolute Gasteiger partial charge is 0.508 e. The average Bonchev–Trinajstić information content (AvgIpc) is 2.79. The lowest BCUT2D eigenvalue weighted by molar-refractivity contribution is -0.127. The zero-order valence-corrected chi connectivity index (χ0v) is 21.0. The third-order valence-corrected chi connectivity index (χ3v) is 5.20. The molecule has 2 aromatic carbocycles. The summed E-state index contributed by atoms with van der Waals surface area (Å²) in [6.07, 6.45) is 2.15. The Morgan fingerprint density at radius 1 is 0.943 bits per heavy atom. The van der Waals surface area contributed by atoms with E-state index in [4.69, 9.17) is 0 Å². The first-order chi connectivity index (χ1) is 15.3. The maximum absolute atomic E-state index is 12.7. The molecule has 0 spiro atoms. The molecule has 0 aromatic heterocycles. The fourth-order valence-corrected chi connectivity index (χ4v) is 3.24. The van der Waals surface area contributed by atoms with Gasteiger partial charge in [0.25, 0.3) is 0 Å². The van der Waals surface area contributed by atoms with Gasteiger partial charge >= 0.3 is 0 Å². The van der Waals surface area contributed by atoms with Gasteiger partial charge in [0.05, 0.1) is 6.04 Å². The van der Waals surface area contributed by atoms with Crippen LogP contribution in [0.4, 0.5) is 5.69 Å². The van der Waals surface area contributed by atoms with Crippen molar-refractivity contribution in [3.8, 4) is 5.75 Å². The van der Waals surface area contributed by atoms with Gasteiger partial charge in [-0.3, -0.25) is 14.4 Å². The smallest absolute Gasteiger partial charge is 0.246 e. The molecule has 0 saturated carbocycles. The molecule has 11 heteroatoms. The Labute approximate surface area is 211 Å². The second kappa shape index (κ2) is 17.3. The maximum atomic E-state index is 12.7. The van der Waals surface area contributed by atoms with Crippen LogP contribution in [0.25, 0.3) is 0 Å². The number of carbonyl (C=O) groups excluding carboxylic acids is 3. The van der Waals surface area contributed by atoms with E-state index in [1.807, 2.05) is 24.3 Å². The number of phenols is 1. The molecule has 196 valence electrons. The molecule has 0 saturated heterocycles. The molecule has 10 nitrogen and oxygen atoms in total. The molecule has 2 atom stereocenters. The molecule has 0 aliphatic carbocycles. The third kappa shape index (κ3) is 11.2. The van der Waals surface area contributed by atoms with E-state index in [0.29, 0.717) is 31.4 Å². The van der Waals surface area contributed by atoms with E-state index in [-0.39, 0.29) is 46.8 Å². The molecule has 35 heavy (non-hydrogen) atoms. The lowest BCUT2D eigenvalue weighted by atomic mass is 10.0. The van der Waals surface area contributed by atoms with Crippen LogP contribution in [-0.2, 0) is 27.2 Å². The quantitative estimate of drug-likeness (QED) is 0.293. The SMILES string of the molecule is CNC(=O)CCCc1ccccc1NC(=O)[C@H](C)NC(=O)[C@H](Cc1ccc(O)cc1)NC.Cl.O.O. The van der Waals surface area contributed by atoms with Crippen molar-refractivity contribution in [2.24, 2.45) is 0 Å². The third-order valence-electron chi connectivity index (χ3n) is 5.20. The number of phenolic OH excluding ortho intramolecular Hbond substituents is 1. The zero-order chi connectivity index (χ0) is 23.5. The molecular weight excluding hydrogens is 476 g/mol. The minimum atomic E-state index is -0.739. The number of aromatic hydroxyl groups is 1. The van der Waals surface area contributed by atoms with Crippen LogP contribution in [0, 0.1) is 0 Å². The summed E-state index contributed by atoms with van der Waals surface area (Å²) in [5, 5.41) is 20.6. The van der Waals surface area contributed by atoms with E-state index in [1.165, 1.54) is 0 Å². The Balaban J connectivity index is 0. The number of anilines is 1. The minimum Gasteiger partial charge on any atom is -0.508 e. The van der Waals surface area contributed by atoms with Gasteiger partial charge in [-0.1, -0.05) is 30.3 Å². The van der Waals surface area contributed by atoms with Crippen molar-refractivity contribution >= 4 is 35.8 Å². The lowest BCUT2D eigenvalue weighted by Crippen LogP contribution is -2.50. The molecule has 0 heterocycles. The van der Waals surface area contributed by atoms with Gasteiger partial charge in [0.1, 0.15) is 11.8 Å². The summed E-state index contributed by atoms with van der Waals surface area (Å²) in [4.78, 5) is 36.8. The molecule has 0 unspecified atom stereocenters. The predicted molar refractivity (Wildman–Crippen MR) is 139 cm³/mol. The number of para-hydroxylation sites is 1. The summed E-state index contributed by atoms with van der Waals surface area (Å²) >= 11 is 0. The van der Waals surface area contributed by atoms with E-state index in [1.54, 1.807) is 45.3 Å². The Morgan fingerprint density at radius 2 is 1.57 bits per heavy atom. The van der Waals surface area contributed by atoms with Gasteiger partial charge in [0.2, 0.25) is 17.7 Å². The molecule has 3 amide bonds. The molecule has 9 N–H and O–H groups in total. The van der Waals surface area contributed by atoms with Crippen LogP contribution in [0.15, 0.2) is 48.5 Å². The number of rotatable bonds is 11. The molecule has 0 bridgehead atoms. The number of amides is 3. The van der Waals surface area contributed by atoms with E-state index >= 15 is 0 Å². The highest BCUT2D eigenvalue weighted by Gasteiger charge is 2.22. The Bertz CT molecular complexity index is 926. The number of nitrogens with one attached hydrogen (secondary N) is 4. The standard InChI is InChI=1S/C24H32N4O4.ClH.2H2O/c1-16(27-24(32)21(25-2)15-17-11-13-19(29)14-12-17)23(31)28-20-9-5-4-7-18(20)8-6-10-22(30)26-3;;;/h4-5,7,9,11-14,16,21,25,29H,6,8,10,15H2,1-3H3,(H,26,30)(H,27,32)(H,28,31);1H;2*1H2/t16-,21-;;;/m0.../s1. The molecule has 0 radical (unpaired) electrons. The second-order valence-corrected chi connectivity index (χ2v) is 7.62. The van der Waals surface area contributed by atoms with Crippen LogP contribution in [-0.4, -0.2) is 60.0 Å². The Hall–Kier alpha value is -3.18. The maximum Gasteiger partial charge on any atom is 0.246 e. The van der Waals surface area contributed by atoms with Crippen LogP contribution in [0.5, 0.6) is 5.75 Å². The number of hydrogen-bond donors (Lipinski definition) is 5. The first kappa shape index (κ1) is 34.0. The van der Waals surface area contributed by atoms with Crippen molar-refractivity contribution in [2.75, 3.05) is 19.4 Å². The number of aryl methyl sites for hydroxylation is 1. The number of benzene rings is 2. The van der Waals surface area contributed by atoms with Crippen molar-refractivity contribution in [1.29, 1.82) is 0 Å². The van der Waals surface area contributed by atoms with Gasteiger partial charge < -0.3 is 37.3 Å². The Kier molecular flexibility index (Phi) is 16.8. The first-order valence-corrected chi connectivity index (χ1v) is 10.7. The van der Waals surface area contributed by atoms with Crippen LogP contribution >= 0.6 is 12.4 Å². The van der Waals surface area contributed by atoms with Crippen molar-refractivity contribution < 1.29 is 30.4 Å². The van der Waals surface area contributed by atoms with E-state index in [0.717, 1.165) is 11.1 Å². The summed E-state index contributed by atoms with van der Waals surface area (Å²) in [6.45, 7) is 1.63. The second-order valence-electron chi connectivity index (χ2n) is 7.62. The number of carbonyl (C=O) groups is 3. The molecule has 2 rings (SSSR count). The van der Waals surface area contributed by atoms with Gasteiger partial charge in [-0.05, 0) is 62.6 Å². The monoisotopic (exact) mass is 512 g/mol. The Morgan fingerprint density at radius 3 is 2.17 bits per heavy atom. The highest BCUT2D eigenvalue weighted by Crippen LogP contribution is 2.18. The average molecular weight is 513 g/mol. The molecule has 0 aliphatic heterocycles. The van der Waals surface area contributed by atoms with Crippen LogP contribution < -0.4 is 21.3 Å². The van der Waals surface area contributed by atoms with Crippen molar-refractivity contribution in [2.45, 2.75) is 44.7 Å². The van der Waals surface area contributed by atoms with Gasteiger partial charge in [-0.15, -0.1) is 12.4 Å². The van der Waals surface area contributed by atoms with Gasteiger partial charge in [-0.2, -0.15) is 0 Å². The number of halogens is 1. The van der Waals surface area contributed by atoms with Crippen LogP contribution in [0.2, 0.25) is 0 Å². The van der Waals surface area contributed by atoms with Gasteiger partial charge in [0.15, 0.2) is 0 Å². The molecule has 0 aliphatic rings. The molecule has 0 fully saturated rings. The summed E-state index contributed by atoms with van der Waals surface area (Å²) < 4.78 is 0. The summed E-state index contributed by atoms with van der Waals surface area (Å²) in [7, 11) is 3.29. The van der Waals surface area contributed by atoms with E-state index in [9.17, 15) is 19.5 Å². The van der Waals surface area contributed by atoms with Gasteiger partial charge in [-0.25, -0.2) is 0 Å². The normalized spacial score (nSPS) is 11.4. The van der Waals surface area contributed by atoms with E-state index < -0.39 is 12.1 Å². The first-order valence-electron chi connectivity index (χ1n) is 10.7. The highest BCUT2D eigenvalue weighted by molar-refractivity contribution is 5.98. The fraction of sp³-hybridized carbons (Fsp3) is 0.375. The van der Waals surface area contributed by atoms with Crippen LogP contribution in [0.1, 0.15) is 30.9 Å². The predicted octanol–water partition coefficient (Wildman–Crippen LogP) is 0.507. The zero-order valence-electron chi connectivity index (χ0n) is 20.2. The number of likely N-dealkylation sites (N-methyl/N-ethyl adjacent to an activating group) is 1. The summed E-state index contributed by atoms with van der Waals surface area (Å²) in [5.74, 6) is -0.466. The van der Waals surface area contributed by atoms with E-state index in [2.05, 4.69) is 21.3 Å². The highest BCUT2D eigenvalue weighted by atomic mass is 35.5. The summed E-state index contributed by atoms with van der Waals surface area (Å²) in [5.41, 5.74) is 2.49. The fourth-order valence-electron chi connectivity index (χ4n) is 3.24. The van der Waals surface area contributed by atoms with Crippen LogP contribution in [0.3, 0.4) is 0 Å². The lowest BCUT2D eigenvalue weighted by Gasteiger charge is -2.20. The summed E-state index contributed by atoms with van der Waals surface area (Å²) in [6, 6.07) is 12.8.